The van der Waals surface area contributed by atoms with Crippen molar-refractivity contribution in [3.05, 3.63) is 58.9 Å². The van der Waals surface area contributed by atoms with Crippen molar-refractivity contribution >= 4 is 17.1 Å². The first kappa shape index (κ1) is 15.0. The lowest BCUT2D eigenvalue weighted by Gasteiger charge is -2.07. The molecule has 7 heteroatoms. The smallest absolute Gasteiger partial charge is 0.326 e. The Morgan fingerprint density at radius 1 is 1.13 bits per heavy atom. The molecule has 0 unspecified atom stereocenters. The molecule has 0 aliphatic carbocycles. The number of imidazole rings is 1. The fourth-order valence-corrected chi connectivity index (χ4v) is 2.36. The highest BCUT2D eigenvalue weighted by atomic mass is 16.5. The van der Waals surface area contributed by atoms with Crippen LogP contribution in [0.2, 0.25) is 0 Å². The number of fused-ring (bicyclic) bond motifs is 1. The van der Waals surface area contributed by atoms with Gasteiger partial charge in [0.1, 0.15) is 12.9 Å². The van der Waals surface area contributed by atoms with E-state index in [1.165, 1.54) is 10.9 Å². The largest absolute Gasteiger partial charge is 0.465 e. The number of aromatic nitrogens is 4. The molecule has 3 aromatic rings. The maximum absolute atomic E-state index is 12.6. The number of hydrogen-bond acceptors (Lipinski definition) is 5. The maximum atomic E-state index is 12.6. The van der Waals surface area contributed by atoms with Gasteiger partial charge in [0, 0.05) is 6.54 Å². The molecule has 0 amide bonds. The second-order valence-electron chi connectivity index (χ2n) is 5.01. The van der Waals surface area contributed by atoms with Crippen LogP contribution in [-0.2, 0) is 22.6 Å². The molecule has 0 saturated heterocycles. The number of benzene rings is 1. The molecular formula is C16H16N4O3. The van der Waals surface area contributed by atoms with E-state index in [1.54, 1.807) is 17.8 Å². The lowest BCUT2D eigenvalue weighted by Crippen LogP contribution is -2.27. The highest BCUT2D eigenvalue weighted by Gasteiger charge is 2.13. The minimum Gasteiger partial charge on any atom is -0.465 e. The van der Waals surface area contributed by atoms with E-state index in [1.807, 2.05) is 30.3 Å². The van der Waals surface area contributed by atoms with Gasteiger partial charge in [0.05, 0.1) is 12.9 Å². The third-order valence-corrected chi connectivity index (χ3v) is 3.40. The van der Waals surface area contributed by atoms with E-state index in [0.29, 0.717) is 17.7 Å². The van der Waals surface area contributed by atoms with E-state index in [2.05, 4.69) is 9.97 Å². The Balaban J connectivity index is 1.97. The van der Waals surface area contributed by atoms with Gasteiger partial charge < -0.3 is 9.30 Å². The average molecular weight is 312 g/mol. The van der Waals surface area contributed by atoms with Crippen LogP contribution in [0.4, 0.5) is 0 Å². The first-order valence-electron chi connectivity index (χ1n) is 7.29. The maximum Gasteiger partial charge on any atom is 0.326 e. The van der Waals surface area contributed by atoms with Crippen LogP contribution in [0.15, 0.2) is 47.8 Å². The summed E-state index contributed by atoms with van der Waals surface area (Å²) in [5.74, 6) is -0.468. The van der Waals surface area contributed by atoms with Crippen molar-refractivity contribution in [1.29, 1.82) is 0 Å². The zero-order chi connectivity index (χ0) is 16.2. The molecule has 118 valence electrons. The van der Waals surface area contributed by atoms with Crippen LogP contribution in [0, 0.1) is 0 Å². The van der Waals surface area contributed by atoms with Crippen LogP contribution >= 0.6 is 0 Å². The molecule has 0 aliphatic rings. The van der Waals surface area contributed by atoms with Crippen LogP contribution in [-0.4, -0.2) is 31.7 Å². The lowest BCUT2D eigenvalue weighted by molar-refractivity contribution is -0.143. The molecule has 2 aromatic heterocycles. The molecule has 23 heavy (non-hydrogen) atoms. The summed E-state index contributed by atoms with van der Waals surface area (Å²) in [5.41, 5.74) is 1.48. The van der Waals surface area contributed by atoms with Gasteiger partial charge in [-0.2, -0.15) is 0 Å². The standard InChI is InChI=1S/C16H16N4O3/c1-2-23-13(21)9-20-11-18-15-14(16(20)22)19(10-17-15)8-12-6-4-3-5-7-12/h3-7,10-11H,2,8-9H2,1H3. The number of hydrogen-bond donors (Lipinski definition) is 0. The van der Waals surface area contributed by atoms with Crippen molar-refractivity contribution < 1.29 is 9.53 Å². The zero-order valence-corrected chi connectivity index (χ0v) is 12.7. The van der Waals surface area contributed by atoms with Crippen molar-refractivity contribution in [2.45, 2.75) is 20.0 Å². The van der Waals surface area contributed by atoms with Gasteiger partial charge in [0.15, 0.2) is 11.2 Å². The Kier molecular flexibility index (Phi) is 4.18. The van der Waals surface area contributed by atoms with Crippen LogP contribution < -0.4 is 5.56 Å². The topological polar surface area (TPSA) is 79.0 Å². The summed E-state index contributed by atoms with van der Waals surface area (Å²) in [7, 11) is 0. The number of nitrogens with zero attached hydrogens (tertiary/aromatic N) is 4. The second-order valence-corrected chi connectivity index (χ2v) is 5.01. The van der Waals surface area contributed by atoms with Crippen LogP contribution in [0.1, 0.15) is 12.5 Å². The molecule has 0 saturated carbocycles. The van der Waals surface area contributed by atoms with Crippen molar-refractivity contribution in [2.75, 3.05) is 6.61 Å². The molecule has 0 radical (unpaired) electrons. The predicted molar refractivity (Wildman–Crippen MR) is 84.0 cm³/mol. The molecule has 3 rings (SSSR count). The Bertz CT molecular complexity index is 883. The number of carbonyl (C=O) groups is 1. The third-order valence-electron chi connectivity index (χ3n) is 3.40. The summed E-state index contributed by atoms with van der Waals surface area (Å²) in [4.78, 5) is 32.5. The van der Waals surface area contributed by atoms with Gasteiger partial charge >= 0.3 is 5.97 Å². The van der Waals surface area contributed by atoms with E-state index >= 15 is 0 Å². The van der Waals surface area contributed by atoms with Gasteiger partial charge in [-0.15, -0.1) is 0 Å². The molecule has 0 fully saturated rings. The van der Waals surface area contributed by atoms with Crippen molar-refractivity contribution in [3.8, 4) is 0 Å². The molecule has 0 atom stereocenters. The first-order valence-corrected chi connectivity index (χ1v) is 7.29. The molecular weight excluding hydrogens is 296 g/mol. The summed E-state index contributed by atoms with van der Waals surface area (Å²) < 4.78 is 7.85. The first-order chi connectivity index (χ1) is 11.2. The average Bonchev–Trinajstić information content (AvgIpc) is 2.95. The van der Waals surface area contributed by atoms with Crippen molar-refractivity contribution in [3.63, 3.8) is 0 Å². The lowest BCUT2D eigenvalue weighted by atomic mass is 10.2. The quantitative estimate of drug-likeness (QED) is 0.662. The van der Waals surface area contributed by atoms with E-state index in [4.69, 9.17) is 4.74 Å². The molecule has 0 N–H and O–H groups in total. The summed E-state index contributed by atoms with van der Waals surface area (Å²) in [6.07, 6.45) is 2.90. The van der Waals surface area contributed by atoms with Gasteiger partial charge in [-0.3, -0.25) is 14.2 Å². The number of rotatable bonds is 5. The van der Waals surface area contributed by atoms with Gasteiger partial charge in [0.2, 0.25) is 0 Å². The number of carbonyl (C=O) groups excluding carboxylic acids is 1. The summed E-state index contributed by atoms with van der Waals surface area (Å²) in [6, 6.07) is 9.75. The van der Waals surface area contributed by atoms with Crippen LogP contribution in [0.5, 0.6) is 0 Å². The van der Waals surface area contributed by atoms with Crippen molar-refractivity contribution in [2.24, 2.45) is 0 Å². The van der Waals surface area contributed by atoms with Gasteiger partial charge in [-0.1, -0.05) is 30.3 Å². The molecule has 0 bridgehead atoms. The number of esters is 1. The third kappa shape index (κ3) is 3.13. The normalized spacial score (nSPS) is 10.8. The summed E-state index contributed by atoms with van der Waals surface area (Å²) in [5, 5.41) is 0. The SMILES string of the molecule is CCOC(=O)Cn1cnc2ncn(Cc3ccccc3)c2c1=O. The highest BCUT2D eigenvalue weighted by Crippen LogP contribution is 2.09. The molecule has 0 aliphatic heterocycles. The predicted octanol–water partition coefficient (Wildman–Crippen LogP) is 1.20. The number of ether oxygens (including phenoxy) is 1. The fourth-order valence-electron chi connectivity index (χ4n) is 2.36. The Hall–Kier alpha value is -2.96. The van der Waals surface area contributed by atoms with E-state index < -0.39 is 5.97 Å². The minimum absolute atomic E-state index is 0.161. The summed E-state index contributed by atoms with van der Waals surface area (Å²) in [6.45, 7) is 2.34. The highest BCUT2D eigenvalue weighted by molar-refractivity contribution is 5.71. The molecule has 0 spiro atoms. The molecule has 2 heterocycles. The van der Waals surface area contributed by atoms with Crippen LogP contribution in [0.3, 0.4) is 0 Å². The van der Waals surface area contributed by atoms with Gasteiger partial charge in [-0.25, -0.2) is 9.97 Å². The Morgan fingerprint density at radius 3 is 2.52 bits per heavy atom. The van der Waals surface area contributed by atoms with E-state index in [9.17, 15) is 9.59 Å². The van der Waals surface area contributed by atoms with Crippen LogP contribution in [0.25, 0.3) is 11.2 Å². The molecule has 1 aromatic carbocycles. The minimum atomic E-state index is -0.468. The monoisotopic (exact) mass is 312 g/mol. The Labute approximate surface area is 132 Å². The van der Waals surface area contributed by atoms with Crippen molar-refractivity contribution in [1.82, 2.24) is 19.1 Å². The van der Waals surface area contributed by atoms with E-state index in [0.717, 1.165) is 5.56 Å². The second kappa shape index (κ2) is 6.43. The van der Waals surface area contributed by atoms with E-state index in [-0.39, 0.29) is 18.7 Å². The fraction of sp³-hybridized carbons (Fsp3) is 0.250. The van der Waals surface area contributed by atoms with Gasteiger partial charge in [0.25, 0.3) is 5.56 Å². The Morgan fingerprint density at radius 2 is 1.83 bits per heavy atom. The zero-order valence-electron chi connectivity index (χ0n) is 12.7. The summed E-state index contributed by atoms with van der Waals surface area (Å²) >= 11 is 0. The van der Waals surface area contributed by atoms with Gasteiger partial charge in [-0.05, 0) is 12.5 Å². The molecule has 7 nitrogen and oxygen atoms in total.